The number of nitriles is 1. The van der Waals surface area contributed by atoms with E-state index < -0.39 is 17.9 Å². The van der Waals surface area contributed by atoms with Gasteiger partial charge in [-0.1, -0.05) is 71.9 Å². The van der Waals surface area contributed by atoms with Gasteiger partial charge in [0.25, 0.3) is 0 Å². The van der Waals surface area contributed by atoms with Crippen LogP contribution in [0.25, 0.3) is 45.6 Å². The minimum Gasteiger partial charge on any atom is -0.481 e. The highest BCUT2D eigenvalue weighted by Crippen LogP contribution is 2.31. The van der Waals surface area contributed by atoms with Gasteiger partial charge in [-0.05, 0) is 264 Å². The lowest BCUT2D eigenvalue weighted by atomic mass is 10.2. The molecule has 4 heterocycles. The third kappa shape index (κ3) is 25.2. The lowest BCUT2D eigenvalue weighted by molar-refractivity contribution is -0.145. The number of aromatic amines is 1. The number of rotatable bonds is 23. The number of aromatic nitrogens is 16. The monoisotopic (exact) mass is 1580 g/mol. The summed E-state index contributed by atoms with van der Waals surface area (Å²) in [7, 11) is 1.35. The fraction of sp³-hybridized carbons (Fsp3) is 0.130. The molecule has 0 unspecified atom stereocenters. The second kappa shape index (κ2) is 40.3. The zero-order valence-corrected chi connectivity index (χ0v) is 62.2. The molecule has 14 aromatic rings. The van der Waals surface area contributed by atoms with E-state index in [9.17, 15) is 9.59 Å². The van der Waals surface area contributed by atoms with E-state index in [2.05, 4.69) is 72.9 Å². The smallest absolute Gasteiger partial charge is 0.310 e. The molecular weight excluding hydrogens is 1510 g/mol. The summed E-state index contributed by atoms with van der Waals surface area (Å²) in [5, 5.41) is 80.1. The molecule has 33 heteroatoms. The summed E-state index contributed by atoms with van der Waals surface area (Å²) in [4.78, 5) is 26.4. The Balaban J connectivity index is 0.000000148. The number of halogens is 5. The number of aliphatic carboxylic acids is 1. The standard InChI is InChI=1S/C18H17ClN4O3.C17H15ClN4O3.C16H16ClN5O2.C13H9ClN4O.C13H8ClNO/c1-12(18(24)25-2)11-23-21-17(20-22-23)13-3-7-15(8-4-13)26-16-9-5-14(19)6-10-16;1-11(17(23)24)10-22-20-16(19-21-22)12-2-6-14(7-3-12)25-15-8-4-13(18)5-9-15;17-12-3-7-15(8-4-12)24-14-5-1-11(2-6-14)16-19-21-22(20-16)9-13(18)10-23;14-10-3-7-12(8-4-10)19-11-5-1-9(2-6-11)13-15-17-18-16-13;14-11-3-7-13(8-4-11)16-12-5-1-10(9-15)2-6-12/h3-10,12H,11H2,1-2H3;2-9,11H,10H2,1H3,(H,23,24);1-8,13,23H,9-10,18H2;1-8H,(H,15,16,17,18);1-8H/t12-;11-;13-;;/m000../s1. The van der Waals surface area contributed by atoms with Crippen molar-refractivity contribution in [3.8, 4) is 109 Å². The van der Waals surface area contributed by atoms with Crippen molar-refractivity contribution in [2.45, 2.75) is 39.5 Å². The Morgan fingerprint density at radius 2 is 0.682 bits per heavy atom. The van der Waals surface area contributed by atoms with Gasteiger partial charge in [-0.2, -0.15) is 24.9 Å². The lowest BCUT2D eigenvalue weighted by Gasteiger charge is -2.07. The first kappa shape index (κ1) is 79.8. The molecule has 10 aromatic carbocycles. The van der Waals surface area contributed by atoms with Crippen LogP contribution in [0.4, 0.5) is 0 Å². The van der Waals surface area contributed by atoms with Gasteiger partial charge in [0, 0.05) is 53.4 Å². The van der Waals surface area contributed by atoms with Gasteiger partial charge in [0.1, 0.15) is 57.5 Å². The first-order valence-electron chi connectivity index (χ1n) is 33.1. The number of ether oxygens (including phenoxy) is 6. The molecule has 5 N–H and O–H groups in total. The molecule has 0 aliphatic carbocycles. The number of hydrogen-bond donors (Lipinski definition) is 4. The second-order valence-electron chi connectivity index (χ2n) is 23.4. The predicted molar refractivity (Wildman–Crippen MR) is 411 cm³/mol. The summed E-state index contributed by atoms with van der Waals surface area (Å²) < 4.78 is 33.1. The van der Waals surface area contributed by atoms with Crippen LogP contribution in [0.5, 0.6) is 57.5 Å². The van der Waals surface area contributed by atoms with E-state index in [0.717, 1.165) is 33.8 Å². The number of nitrogens with zero attached hydrogens (tertiary/aromatic N) is 16. The van der Waals surface area contributed by atoms with Crippen molar-refractivity contribution in [3.05, 3.63) is 273 Å². The van der Waals surface area contributed by atoms with E-state index in [1.54, 1.807) is 159 Å². The Labute approximate surface area is 654 Å². The van der Waals surface area contributed by atoms with Gasteiger partial charge in [-0.25, -0.2) is 0 Å². The molecule has 0 radical (unpaired) electrons. The van der Waals surface area contributed by atoms with Gasteiger partial charge in [0.15, 0.2) is 0 Å². The molecule has 0 aliphatic heterocycles. The fourth-order valence-corrected chi connectivity index (χ4v) is 9.81. The molecule has 0 saturated carbocycles. The predicted octanol–water partition coefficient (Wildman–Crippen LogP) is 16.5. The van der Waals surface area contributed by atoms with E-state index in [0.29, 0.717) is 113 Å². The number of carboxylic acid groups (broad SMARTS) is 1. The van der Waals surface area contributed by atoms with Crippen LogP contribution in [-0.4, -0.2) is 123 Å². The van der Waals surface area contributed by atoms with E-state index in [1.807, 2.05) is 97.1 Å². The molecule has 28 nitrogen and oxygen atoms in total. The normalized spacial score (nSPS) is 11.3. The molecule has 0 saturated heterocycles. The number of carboxylic acids is 1. The average Bonchev–Trinajstić information content (AvgIpc) is 1.68. The third-order valence-corrected chi connectivity index (χ3v) is 16.2. The zero-order chi connectivity index (χ0) is 77.7. The number of hydrogen-bond acceptors (Lipinski definition) is 23. The van der Waals surface area contributed by atoms with Gasteiger partial charge in [-0.15, -0.1) is 40.8 Å². The van der Waals surface area contributed by atoms with E-state index in [4.69, 9.17) is 108 Å². The van der Waals surface area contributed by atoms with Crippen molar-refractivity contribution in [2.24, 2.45) is 17.6 Å². The molecule has 4 aromatic heterocycles. The maximum Gasteiger partial charge on any atom is 0.310 e. The Morgan fingerprint density at radius 1 is 0.418 bits per heavy atom. The summed E-state index contributed by atoms with van der Waals surface area (Å²) >= 11 is 29.1. The minimum absolute atomic E-state index is 0.131. The first-order chi connectivity index (χ1) is 53.3. The van der Waals surface area contributed by atoms with Crippen LogP contribution >= 0.6 is 58.0 Å². The topological polar surface area (TPSA) is 365 Å². The minimum atomic E-state index is -0.900. The number of nitrogens with two attached hydrogens (primary N) is 1. The van der Waals surface area contributed by atoms with Crippen LogP contribution in [0.15, 0.2) is 243 Å². The van der Waals surface area contributed by atoms with Crippen LogP contribution in [0.3, 0.4) is 0 Å². The molecule has 14 rings (SSSR count). The molecule has 0 bridgehead atoms. The Hall–Kier alpha value is -12.7. The maximum absolute atomic E-state index is 11.5. The number of aliphatic hydroxyl groups is 1. The molecule has 0 amide bonds. The molecule has 0 spiro atoms. The van der Waals surface area contributed by atoms with Crippen molar-refractivity contribution < 1.29 is 48.2 Å². The number of carbonyl (C=O) groups is 2. The van der Waals surface area contributed by atoms with Crippen molar-refractivity contribution in [2.75, 3.05) is 13.7 Å². The highest BCUT2D eigenvalue weighted by molar-refractivity contribution is 6.31. The average molecular weight is 1580 g/mol. The summed E-state index contributed by atoms with van der Waals surface area (Å²) in [6, 6.07) is 73.6. The van der Waals surface area contributed by atoms with Gasteiger partial charge in [0.05, 0.1) is 56.8 Å². The fourth-order valence-electron chi connectivity index (χ4n) is 9.18. The number of methoxy groups -OCH3 is 1. The third-order valence-electron chi connectivity index (χ3n) is 14.9. The number of aliphatic hydroxyl groups excluding tert-OH is 1. The summed E-state index contributed by atoms with van der Waals surface area (Å²) in [6.45, 7) is 3.98. The number of nitrogens with one attached hydrogen (secondary N) is 1. The van der Waals surface area contributed by atoms with Crippen LogP contribution in [0.1, 0.15) is 19.4 Å². The molecule has 110 heavy (non-hydrogen) atoms. The molecule has 0 fully saturated rings. The zero-order valence-electron chi connectivity index (χ0n) is 58.4. The second-order valence-corrected chi connectivity index (χ2v) is 25.5. The SMILES string of the molecule is COC(=O)[C@@H](C)Cn1nnc(-c2ccc(Oc3ccc(Cl)cc3)cc2)n1.C[C@@H](Cn1nnc(-c2ccc(Oc3ccc(Cl)cc3)cc2)n1)C(=O)O.Clc1ccc(Oc2ccc(-c3nn[nH]n3)cc2)cc1.N#Cc1ccc(Oc2ccc(Cl)cc2)cc1.N[C@H](CO)Cn1nnc(-c2ccc(Oc3ccc(Cl)cc3)cc2)n1. The first-order valence-corrected chi connectivity index (χ1v) is 35.0. The Morgan fingerprint density at radius 3 is 0.936 bits per heavy atom. The van der Waals surface area contributed by atoms with Gasteiger partial charge in [-0.3, -0.25) is 9.59 Å². The highest BCUT2D eigenvalue weighted by atomic mass is 35.5. The van der Waals surface area contributed by atoms with Crippen LogP contribution in [0.2, 0.25) is 25.1 Å². The quantitative estimate of drug-likeness (QED) is 0.0432. The molecular formula is C77H65Cl5N18O10. The lowest BCUT2D eigenvalue weighted by Crippen LogP contribution is -2.30. The van der Waals surface area contributed by atoms with Crippen LogP contribution < -0.4 is 29.4 Å². The molecule has 3 atom stereocenters. The Kier molecular flexibility index (Phi) is 29.2. The highest BCUT2D eigenvalue weighted by Gasteiger charge is 2.18. The van der Waals surface area contributed by atoms with Crippen molar-refractivity contribution in [3.63, 3.8) is 0 Å². The van der Waals surface area contributed by atoms with E-state index >= 15 is 0 Å². The molecule has 558 valence electrons. The van der Waals surface area contributed by atoms with E-state index in [1.165, 1.54) is 21.5 Å². The van der Waals surface area contributed by atoms with E-state index in [-0.39, 0.29) is 25.0 Å². The number of esters is 1. The Bertz CT molecular complexity index is 5210. The summed E-state index contributed by atoms with van der Waals surface area (Å²) in [6.07, 6.45) is 0. The van der Waals surface area contributed by atoms with Gasteiger partial charge >= 0.3 is 11.9 Å². The maximum atomic E-state index is 11.5. The van der Waals surface area contributed by atoms with Crippen molar-refractivity contribution in [1.29, 1.82) is 5.26 Å². The number of benzene rings is 10. The number of H-pyrrole nitrogens is 1. The van der Waals surface area contributed by atoms with Gasteiger partial charge in [0.2, 0.25) is 23.3 Å². The summed E-state index contributed by atoms with van der Waals surface area (Å²) in [5.74, 6) is 6.79. The largest absolute Gasteiger partial charge is 0.481 e. The molecule has 0 aliphatic rings. The van der Waals surface area contributed by atoms with Crippen molar-refractivity contribution in [1.82, 2.24) is 81.2 Å². The summed E-state index contributed by atoms with van der Waals surface area (Å²) in [5.41, 5.74) is 9.50. The van der Waals surface area contributed by atoms with Gasteiger partial charge < -0.3 is 44.4 Å². The number of carbonyl (C=O) groups excluding carboxylic acids is 1. The van der Waals surface area contributed by atoms with Crippen LogP contribution in [0, 0.1) is 23.2 Å². The van der Waals surface area contributed by atoms with Crippen LogP contribution in [-0.2, 0) is 34.0 Å². The van der Waals surface area contributed by atoms with Crippen molar-refractivity contribution >= 4 is 69.9 Å². The number of tetrazole rings is 4.